The Labute approximate surface area is 192 Å². The molecule has 0 heterocycles. The van der Waals surface area contributed by atoms with Crippen LogP contribution in [0.1, 0.15) is 26.7 Å². The number of carboxylic acids is 1. The molecule has 0 bridgehead atoms. The Balaban J connectivity index is 5.14. The van der Waals surface area contributed by atoms with Crippen molar-refractivity contribution < 1.29 is 24.3 Å². The molecule has 30 heavy (non-hydrogen) atoms. The van der Waals surface area contributed by atoms with Crippen LogP contribution in [0.15, 0.2) is 0 Å². The van der Waals surface area contributed by atoms with Crippen molar-refractivity contribution in [2.75, 3.05) is 29.8 Å². The fraction of sp³-hybridized carbons (Fsp3) is 0.778. The van der Waals surface area contributed by atoms with E-state index in [1.54, 1.807) is 25.6 Å². The van der Waals surface area contributed by atoms with Crippen molar-refractivity contribution in [1.82, 2.24) is 16.0 Å². The molecule has 0 aromatic rings. The zero-order valence-corrected chi connectivity index (χ0v) is 20.4. The Morgan fingerprint density at radius 2 is 1.40 bits per heavy atom. The van der Waals surface area contributed by atoms with Gasteiger partial charge in [0.1, 0.15) is 18.1 Å². The molecule has 9 nitrogen and oxygen atoms in total. The highest BCUT2D eigenvalue weighted by Crippen LogP contribution is 2.06. The SMILES string of the molecule is CSCCC(N)C(=O)NC(CS)C(=O)NC(CCSC)C(=O)NC(C(=O)O)C(C)C. The van der Waals surface area contributed by atoms with E-state index in [1.807, 2.05) is 12.5 Å². The van der Waals surface area contributed by atoms with E-state index in [0.717, 1.165) is 0 Å². The van der Waals surface area contributed by atoms with E-state index in [1.165, 1.54) is 11.8 Å². The molecule has 0 fully saturated rings. The third-order valence-corrected chi connectivity index (χ3v) is 5.91. The van der Waals surface area contributed by atoms with Gasteiger partial charge in [-0.15, -0.1) is 0 Å². The van der Waals surface area contributed by atoms with Crippen LogP contribution >= 0.6 is 36.2 Å². The van der Waals surface area contributed by atoms with Gasteiger partial charge in [0.15, 0.2) is 0 Å². The molecule has 174 valence electrons. The summed E-state index contributed by atoms with van der Waals surface area (Å²) in [6.07, 6.45) is 4.54. The van der Waals surface area contributed by atoms with E-state index >= 15 is 0 Å². The lowest BCUT2D eigenvalue weighted by atomic mass is 10.0. The van der Waals surface area contributed by atoms with Gasteiger partial charge < -0.3 is 26.8 Å². The number of nitrogens with one attached hydrogen (secondary N) is 3. The largest absolute Gasteiger partial charge is 0.480 e. The standard InChI is InChI=1S/C18H34N4O5S3/c1-10(2)14(18(26)27)22-16(24)12(6-8-30-4)20-17(25)13(9-28)21-15(23)11(19)5-7-29-3/h10-14,28H,5-9,19H2,1-4H3,(H,20,25)(H,21,23)(H,22,24)(H,26,27). The molecule has 0 aliphatic heterocycles. The molecule has 3 amide bonds. The molecule has 0 aliphatic carbocycles. The fourth-order valence-electron chi connectivity index (χ4n) is 2.39. The lowest BCUT2D eigenvalue weighted by molar-refractivity contribution is -0.143. The number of hydrogen-bond donors (Lipinski definition) is 6. The number of thiol groups is 1. The molecule has 0 spiro atoms. The Hall–Kier alpha value is -1.11. The van der Waals surface area contributed by atoms with Gasteiger partial charge in [-0.25, -0.2) is 4.79 Å². The fourth-order valence-corrected chi connectivity index (χ4v) is 3.61. The predicted octanol–water partition coefficient (Wildman–Crippen LogP) is -0.0553. The smallest absolute Gasteiger partial charge is 0.326 e. The van der Waals surface area contributed by atoms with Gasteiger partial charge in [0.2, 0.25) is 17.7 Å². The summed E-state index contributed by atoms with van der Waals surface area (Å²) in [4.78, 5) is 48.9. The predicted molar refractivity (Wildman–Crippen MR) is 126 cm³/mol. The molecule has 0 rings (SSSR count). The summed E-state index contributed by atoms with van der Waals surface area (Å²) in [5, 5.41) is 16.9. The van der Waals surface area contributed by atoms with Crippen molar-refractivity contribution in [2.45, 2.75) is 50.9 Å². The van der Waals surface area contributed by atoms with Crippen LogP contribution in [0.5, 0.6) is 0 Å². The van der Waals surface area contributed by atoms with Crippen molar-refractivity contribution in [3.8, 4) is 0 Å². The second-order valence-electron chi connectivity index (χ2n) is 7.04. The van der Waals surface area contributed by atoms with Crippen molar-refractivity contribution in [2.24, 2.45) is 11.7 Å². The van der Waals surface area contributed by atoms with E-state index < -0.39 is 47.9 Å². The lowest BCUT2D eigenvalue weighted by Gasteiger charge is -2.25. The van der Waals surface area contributed by atoms with Crippen molar-refractivity contribution in [3.63, 3.8) is 0 Å². The van der Waals surface area contributed by atoms with Crippen LogP contribution in [0.25, 0.3) is 0 Å². The molecule has 6 N–H and O–H groups in total. The van der Waals surface area contributed by atoms with Crippen LogP contribution in [0.4, 0.5) is 0 Å². The summed E-state index contributed by atoms with van der Waals surface area (Å²) in [6.45, 7) is 3.36. The first kappa shape index (κ1) is 28.9. The van der Waals surface area contributed by atoms with Crippen LogP contribution in [0.2, 0.25) is 0 Å². The van der Waals surface area contributed by atoms with Gasteiger partial charge in [-0.05, 0) is 42.8 Å². The van der Waals surface area contributed by atoms with Gasteiger partial charge >= 0.3 is 5.97 Å². The highest BCUT2D eigenvalue weighted by molar-refractivity contribution is 7.98. The number of amides is 3. The second-order valence-corrected chi connectivity index (χ2v) is 9.38. The molecule has 0 aromatic heterocycles. The quantitative estimate of drug-likeness (QED) is 0.178. The summed E-state index contributed by atoms with van der Waals surface area (Å²) < 4.78 is 0. The van der Waals surface area contributed by atoms with Crippen molar-refractivity contribution in [3.05, 3.63) is 0 Å². The third-order valence-electron chi connectivity index (χ3n) is 4.26. The van der Waals surface area contributed by atoms with Crippen LogP contribution in [-0.2, 0) is 19.2 Å². The molecule has 0 saturated carbocycles. The van der Waals surface area contributed by atoms with Crippen molar-refractivity contribution in [1.29, 1.82) is 0 Å². The molecule has 4 unspecified atom stereocenters. The van der Waals surface area contributed by atoms with Gasteiger partial charge in [-0.3, -0.25) is 14.4 Å². The van der Waals surface area contributed by atoms with Crippen LogP contribution in [0.3, 0.4) is 0 Å². The minimum atomic E-state index is -1.15. The first-order chi connectivity index (χ1) is 14.1. The first-order valence-electron chi connectivity index (χ1n) is 9.57. The summed E-state index contributed by atoms with van der Waals surface area (Å²) >= 11 is 7.17. The number of aliphatic carboxylic acids is 1. The minimum Gasteiger partial charge on any atom is -0.480 e. The zero-order chi connectivity index (χ0) is 23.3. The number of nitrogens with two attached hydrogens (primary N) is 1. The minimum absolute atomic E-state index is 0.0213. The van der Waals surface area contributed by atoms with Gasteiger partial charge in [0, 0.05) is 5.75 Å². The molecular formula is C18H34N4O5S3. The Bertz CT molecular complexity index is 580. The van der Waals surface area contributed by atoms with E-state index in [0.29, 0.717) is 24.3 Å². The lowest BCUT2D eigenvalue weighted by Crippen LogP contribution is -2.58. The monoisotopic (exact) mass is 482 g/mol. The maximum absolute atomic E-state index is 12.7. The summed E-state index contributed by atoms with van der Waals surface area (Å²) in [7, 11) is 0. The van der Waals surface area contributed by atoms with Crippen LogP contribution in [0, 0.1) is 5.92 Å². The van der Waals surface area contributed by atoms with Crippen LogP contribution < -0.4 is 21.7 Å². The third kappa shape index (κ3) is 10.8. The molecule has 0 aliphatic rings. The zero-order valence-electron chi connectivity index (χ0n) is 17.8. The summed E-state index contributed by atoms with van der Waals surface area (Å²) in [5.41, 5.74) is 5.83. The normalized spacial score (nSPS) is 15.0. The maximum atomic E-state index is 12.7. The number of carboxylic acid groups (broad SMARTS) is 1. The average Bonchev–Trinajstić information content (AvgIpc) is 2.69. The molecule has 4 atom stereocenters. The highest BCUT2D eigenvalue weighted by Gasteiger charge is 2.30. The molecule has 0 saturated heterocycles. The Morgan fingerprint density at radius 1 is 0.900 bits per heavy atom. The number of carbonyl (C=O) groups excluding carboxylic acids is 3. The topological polar surface area (TPSA) is 151 Å². The number of carbonyl (C=O) groups is 4. The average molecular weight is 483 g/mol. The Morgan fingerprint density at radius 3 is 1.87 bits per heavy atom. The molecule has 12 heteroatoms. The Kier molecular flexibility index (Phi) is 15.1. The number of thioether (sulfide) groups is 2. The van der Waals surface area contributed by atoms with E-state index in [9.17, 15) is 24.3 Å². The van der Waals surface area contributed by atoms with Gasteiger partial charge in [0.05, 0.1) is 6.04 Å². The van der Waals surface area contributed by atoms with Gasteiger partial charge in [-0.1, -0.05) is 13.8 Å². The van der Waals surface area contributed by atoms with E-state index in [2.05, 4.69) is 28.6 Å². The van der Waals surface area contributed by atoms with Crippen LogP contribution in [-0.4, -0.2) is 82.7 Å². The van der Waals surface area contributed by atoms with Gasteiger partial charge in [-0.2, -0.15) is 36.2 Å². The van der Waals surface area contributed by atoms with E-state index in [4.69, 9.17) is 5.73 Å². The van der Waals surface area contributed by atoms with Gasteiger partial charge in [0.25, 0.3) is 0 Å². The molecular weight excluding hydrogens is 448 g/mol. The molecule has 0 radical (unpaired) electrons. The summed E-state index contributed by atoms with van der Waals surface area (Å²) in [5.74, 6) is -1.78. The second kappa shape index (κ2) is 15.7. The highest BCUT2D eigenvalue weighted by atomic mass is 32.2. The van der Waals surface area contributed by atoms with E-state index in [-0.39, 0.29) is 11.7 Å². The van der Waals surface area contributed by atoms with Crippen molar-refractivity contribution >= 4 is 59.8 Å². The molecule has 0 aromatic carbocycles. The first-order valence-corrected chi connectivity index (χ1v) is 13.0. The summed E-state index contributed by atoms with van der Waals surface area (Å²) in [6, 6.07) is -3.72. The number of rotatable bonds is 15. The number of hydrogen-bond acceptors (Lipinski definition) is 8. The maximum Gasteiger partial charge on any atom is 0.326 e.